The van der Waals surface area contributed by atoms with E-state index in [0.717, 1.165) is 55.8 Å². The Bertz CT molecular complexity index is 1160. The van der Waals surface area contributed by atoms with E-state index < -0.39 is 17.9 Å². The molecule has 2 aliphatic heterocycles. The molecule has 36 heavy (non-hydrogen) atoms. The van der Waals surface area contributed by atoms with Crippen LogP contribution in [0, 0.1) is 29.0 Å². The van der Waals surface area contributed by atoms with Crippen molar-refractivity contribution in [3.05, 3.63) is 48.3 Å². The molecule has 2 fully saturated rings. The number of piperazine rings is 1. The third kappa shape index (κ3) is 5.36. The number of amidine groups is 1. The minimum absolute atomic E-state index is 0.294. The summed E-state index contributed by atoms with van der Waals surface area (Å²) in [7, 11) is 0. The lowest BCUT2D eigenvalue weighted by Gasteiger charge is -2.38. The molecule has 1 saturated heterocycles. The molecule has 2 heterocycles. The predicted molar refractivity (Wildman–Crippen MR) is 137 cm³/mol. The smallest absolute Gasteiger partial charge is 0.325 e. The number of nitrogens with one attached hydrogen (secondary N) is 2. The molecule has 0 radical (unpaired) electrons. The molecule has 0 bridgehead atoms. The summed E-state index contributed by atoms with van der Waals surface area (Å²) in [4.78, 5) is 20.2. The number of carbonyl (C=O) groups excluding carboxylic acids is 1. The van der Waals surface area contributed by atoms with Crippen LogP contribution in [0.5, 0.6) is 0 Å². The zero-order valence-corrected chi connectivity index (χ0v) is 20.4. The highest BCUT2D eigenvalue weighted by molar-refractivity contribution is 6.01. The summed E-state index contributed by atoms with van der Waals surface area (Å²) in [6, 6.07) is 13.7. The molecular weight excluding hydrogens is 457 g/mol. The minimum Gasteiger partial charge on any atom is -0.464 e. The molecule has 2 aromatic carbocycles. The van der Waals surface area contributed by atoms with Crippen LogP contribution in [0.4, 0.5) is 15.8 Å². The van der Waals surface area contributed by atoms with E-state index in [1.54, 1.807) is 6.07 Å². The van der Waals surface area contributed by atoms with E-state index in [2.05, 4.69) is 21.6 Å². The molecule has 0 aromatic heterocycles. The fourth-order valence-electron chi connectivity index (χ4n) is 5.32. The lowest BCUT2D eigenvalue weighted by atomic mass is 9.90. The molecule has 2 atom stereocenters. The van der Waals surface area contributed by atoms with Crippen LogP contribution in [0.1, 0.15) is 32.1 Å². The molecule has 1 aliphatic carbocycles. The number of anilines is 1. The molecule has 8 heteroatoms. The highest BCUT2D eigenvalue weighted by Crippen LogP contribution is 2.36. The van der Waals surface area contributed by atoms with Gasteiger partial charge in [-0.2, -0.15) is 5.26 Å². The third-order valence-corrected chi connectivity index (χ3v) is 7.33. The monoisotopic (exact) mass is 489 g/mol. The second-order valence-corrected chi connectivity index (χ2v) is 9.81. The van der Waals surface area contributed by atoms with Crippen LogP contribution in [0.25, 0.3) is 11.1 Å². The van der Waals surface area contributed by atoms with Crippen LogP contribution < -0.4 is 10.6 Å². The van der Waals surface area contributed by atoms with Crippen LogP contribution in [-0.2, 0) is 9.53 Å². The Morgan fingerprint density at radius 2 is 1.92 bits per heavy atom. The van der Waals surface area contributed by atoms with Crippen molar-refractivity contribution in [3.63, 3.8) is 0 Å². The number of esters is 1. The molecular formula is C28H32FN5O2. The highest BCUT2D eigenvalue weighted by Gasteiger charge is 2.39. The van der Waals surface area contributed by atoms with Gasteiger partial charge in [0.05, 0.1) is 24.1 Å². The predicted octanol–water partition coefficient (Wildman–Crippen LogP) is 4.49. The Morgan fingerprint density at radius 1 is 1.14 bits per heavy atom. The van der Waals surface area contributed by atoms with Crippen molar-refractivity contribution in [2.45, 2.75) is 38.1 Å². The van der Waals surface area contributed by atoms with Gasteiger partial charge in [0, 0.05) is 26.2 Å². The molecule has 188 valence electrons. The van der Waals surface area contributed by atoms with E-state index in [1.165, 1.54) is 31.4 Å². The van der Waals surface area contributed by atoms with Crippen LogP contribution in [-0.4, -0.2) is 55.5 Å². The molecule has 2 unspecified atom stereocenters. The lowest BCUT2D eigenvalue weighted by Crippen LogP contribution is -2.55. The van der Waals surface area contributed by atoms with E-state index >= 15 is 0 Å². The second-order valence-electron chi connectivity index (χ2n) is 9.81. The number of rotatable bonds is 5. The number of carbonyl (C=O) groups is 1. The van der Waals surface area contributed by atoms with Crippen molar-refractivity contribution < 1.29 is 13.9 Å². The van der Waals surface area contributed by atoms with Gasteiger partial charge in [-0.15, -0.1) is 0 Å². The van der Waals surface area contributed by atoms with Gasteiger partial charge in [-0.1, -0.05) is 37.5 Å². The Kier molecular flexibility index (Phi) is 7.47. The Morgan fingerprint density at radius 3 is 2.67 bits per heavy atom. The van der Waals surface area contributed by atoms with Crippen LogP contribution in [0.3, 0.4) is 0 Å². The summed E-state index contributed by atoms with van der Waals surface area (Å²) in [5.41, 5.74) is 3.05. The topological polar surface area (TPSA) is 89.8 Å². The fourth-order valence-corrected chi connectivity index (χ4v) is 5.32. The molecule has 2 N–H and O–H groups in total. The van der Waals surface area contributed by atoms with Crippen molar-refractivity contribution in [2.75, 3.05) is 38.1 Å². The first-order valence-corrected chi connectivity index (χ1v) is 12.9. The first kappa shape index (κ1) is 24.3. The molecule has 1 saturated carbocycles. The SMILES string of the molecule is N#CC(C(=O)OCC1CCCCC1)C1Nc2ccc(-c3cccc(F)c3)cc2N=C1N1CCNCC1. The average molecular weight is 490 g/mol. The van der Waals surface area contributed by atoms with Gasteiger partial charge < -0.3 is 20.3 Å². The number of ether oxygens (including phenoxy) is 1. The van der Waals surface area contributed by atoms with Gasteiger partial charge >= 0.3 is 5.97 Å². The van der Waals surface area contributed by atoms with Gasteiger partial charge in [0.15, 0.2) is 5.92 Å². The lowest BCUT2D eigenvalue weighted by molar-refractivity contribution is -0.148. The van der Waals surface area contributed by atoms with Crippen molar-refractivity contribution in [2.24, 2.45) is 16.8 Å². The summed E-state index contributed by atoms with van der Waals surface area (Å²) in [6.07, 6.45) is 5.72. The molecule has 3 aliphatic rings. The summed E-state index contributed by atoms with van der Waals surface area (Å²) in [6.45, 7) is 3.42. The van der Waals surface area contributed by atoms with E-state index in [0.29, 0.717) is 24.0 Å². The average Bonchev–Trinajstić information content (AvgIpc) is 2.92. The molecule has 0 amide bonds. The first-order chi connectivity index (χ1) is 17.6. The first-order valence-electron chi connectivity index (χ1n) is 12.9. The Labute approximate surface area is 211 Å². The maximum atomic E-state index is 13.8. The zero-order chi connectivity index (χ0) is 24.9. The van der Waals surface area contributed by atoms with Crippen LogP contribution in [0.2, 0.25) is 0 Å². The molecule has 0 spiro atoms. The summed E-state index contributed by atoms with van der Waals surface area (Å²) < 4.78 is 19.5. The second kappa shape index (κ2) is 11.1. The van der Waals surface area contributed by atoms with Crippen molar-refractivity contribution in [1.82, 2.24) is 10.2 Å². The standard InChI is InChI=1S/C28H32FN5O2/c29-22-8-4-7-20(15-22)21-9-10-24-25(16-21)33-27(34-13-11-31-12-14-34)26(32-24)23(17-30)28(35)36-18-19-5-2-1-3-6-19/h4,7-10,15-16,19,23,26,31-32H,1-3,5-6,11-14,18H2. The van der Waals surface area contributed by atoms with Crippen LogP contribution in [0.15, 0.2) is 47.5 Å². The maximum absolute atomic E-state index is 13.8. The number of nitrogens with zero attached hydrogens (tertiary/aromatic N) is 3. The quantitative estimate of drug-likeness (QED) is 0.602. The van der Waals surface area contributed by atoms with Crippen molar-refractivity contribution in [3.8, 4) is 17.2 Å². The Balaban J connectivity index is 1.42. The van der Waals surface area contributed by atoms with E-state index in [-0.39, 0.29) is 5.82 Å². The Hall–Kier alpha value is -3.44. The minimum atomic E-state index is -1.02. The van der Waals surface area contributed by atoms with Crippen LogP contribution >= 0.6 is 0 Å². The number of fused-ring (bicyclic) bond motifs is 1. The van der Waals surface area contributed by atoms with E-state index in [9.17, 15) is 14.4 Å². The number of benzene rings is 2. The number of hydrogen-bond acceptors (Lipinski definition) is 7. The van der Waals surface area contributed by atoms with Gasteiger partial charge in [-0.3, -0.25) is 4.79 Å². The van der Waals surface area contributed by atoms with E-state index in [4.69, 9.17) is 9.73 Å². The number of hydrogen-bond donors (Lipinski definition) is 2. The van der Waals surface area contributed by atoms with Gasteiger partial charge in [0.1, 0.15) is 17.7 Å². The van der Waals surface area contributed by atoms with Gasteiger partial charge in [-0.05, 0) is 54.2 Å². The zero-order valence-electron chi connectivity index (χ0n) is 20.4. The fraction of sp³-hybridized carbons (Fsp3) is 0.464. The normalized spacial score (nSPS) is 20.9. The third-order valence-electron chi connectivity index (χ3n) is 7.33. The summed E-state index contributed by atoms with van der Waals surface area (Å²) in [5.74, 6) is -0.760. The number of aliphatic imine (C=N–C) groups is 1. The van der Waals surface area contributed by atoms with E-state index in [1.807, 2.05) is 24.3 Å². The highest BCUT2D eigenvalue weighted by atomic mass is 19.1. The van der Waals surface area contributed by atoms with Gasteiger partial charge in [-0.25, -0.2) is 9.38 Å². The van der Waals surface area contributed by atoms with Gasteiger partial charge in [0.25, 0.3) is 0 Å². The largest absolute Gasteiger partial charge is 0.464 e. The molecule has 5 rings (SSSR count). The number of halogens is 1. The maximum Gasteiger partial charge on any atom is 0.325 e. The number of nitriles is 1. The van der Waals surface area contributed by atoms with Gasteiger partial charge in [0.2, 0.25) is 0 Å². The van der Waals surface area contributed by atoms with Crippen molar-refractivity contribution >= 4 is 23.2 Å². The summed E-state index contributed by atoms with van der Waals surface area (Å²) >= 11 is 0. The molecule has 7 nitrogen and oxygen atoms in total. The van der Waals surface area contributed by atoms with Crippen molar-refractivity contribution in [1.29, 1.82) is 5.26 Å². The molecule has 2 aromatic rings. The summed E-state index contributed by atoms with van der Waals surface area (Å²) in [5, 5.41) is 16.8.